The van der Waals surface area contributed by atoms with Crippen molar-refractivity contribution < 1.29 is 4.74 Å². The van der Waals surface area contributed by atoms with Crippen LogP contribution in [0.3, 0.4) is 0 Å². The van der Waals surface area contributed by atoms with Gasteiger partial charge in [0.1, 0.15) is 6.17 Å². The zero-order valence-corrected chi connectivity index (χ0v) is 19.8. The molecule has 1 aliphatic heterocycles. The highest BCUT2D eigenvalue weighted by Crippen LogP contribution is 2.38. The lowest BCUT2D eigenvalue weighted by Gasteiger charge is -2.31. The zero-order chi connectivity index (χ0) is 23.2. The standard InChI is InChI=1S/C31H29N3O/c1-5-13-27-23(9-1)24-10-2-6-14-28(24)33(27)31(17-18-32-19-21-35-22-20-32)34-29-15-7-3-11-25(29)26-12-4-8-16-30(26)34/h1-16,31H,17-22H2. The Hall–Kier alpha value is -3.60. The maximum absolute atomic E-state index is 5.63. The third kappa shape index (κ3) is 3.36. The van der Waals surface area contributed by atoms with Crippen LogP contribution in [0, 0.1) is 0 Å². The number of hydrogen-bond donors (Lipinski definition) is 0. The molecule has 4 nitrogen and oxygen atoms in total. The first kappa shape index (κ1) is 20.7. The van der Waals surface area contributed by atoms with Gasteiger partial charge >= 0.3 is 0 Å². The number of benzene rings is 4. The highest BCUT2D eigenvalue weighted by atomic mass is 16.5. The second-order valence-electron chi connectivity index (χ2n) is 9.53. The second-order valence-corrected chi connectivity index (χ2v) is 9.53. The van der Waals surface area contributed by atoms with E-state index in [9.17, 15) is 0 Å². The number of fused-ring (bicyclic) bond motifs is 6. The molecule has 6 aromatic rings. The van der Waals surface area contributed by atoms with Gasteiger partial charge in [0.15, 0.2) is 0 Å². The van der Waals surface area contributed by atoms with Crippen molar-refractivity contribution in [3.8, 4) is 0 Å². The van der Waals surface area contributed by atoms with Crippen molar-refractivity contribution in [3.63, 3.8) is 0 Å². The van der Waals surface area contributed by atoms with E-state index in [0.29, 0.717) is 0 Å². The summed E-state index contributed by atoms with van der Waals surface area (Å²) in [7, 11) is 0. The molecule has 0 atom stereocenters. The molecule has 2 aromatic heterocycles. The summed E-state index contributed by atoms with van der Waals surface area (Å²) in [5.74, 6) is 0. The molecule has 3 heterocycles. The van der Waals surface area contributed by atoms with E-state index in [1.807, 2.05) is 0 Å². The van der Waals surface area contributed by atoms with Gasteiger partial charge in [-0.25, -0.2) is 0 Å². The van der Waals surface area contributed by atoms with Crippen molar-refractivity contribution in [1.82, 2.24) is 14.0 Å². The predicted molar refractivity (Wildman–Crippen MR) is 145 cm³/mol. The quantitative estimate of drug-likeness (QED) is 0.287. The number of aromatic nitrogens is 2. The van der Waals surface area contributed by atoms with E-state index in [2.05, 4.69) is 111 Å². The minimum Gasteiger partial charge on any atom is -0.379 e. The zero-order valence-electron chi connectivity index (χ0n) is 19.8. The first-order valence-electron chi connectivity index (χ1n) is 12.7. The van der Waals surface area contributed by atoms with E-state index in [4.69, 9.17) is 4.74 Å². The third-order valence-electron chi connectivity index (χ3n) is 7.64. The van der Waals surface area contributed by atoms with Gasteiger partial charge in [-0.1, -0.05) is 72.8 Å². The number of nitrogens with zero attached hydrogens (tertiary/aromatic N) is 3. The van der Waals surface area contributed by atoms with Crippen molar-refractivity contribution in [3.05, 3.63) is 97.1 Å². The molecule has 0 amide bonds. The van der Waals surface area contributed by atoms with Crippen LogP contribution in [-0.2, 0) is 4.74 Å². The summed E-state index contributed by atoms with van der Waals surface area (Å²) in [5.41, 5.74) is 5.18. The van der Waals surface area contributed by atoms with Crippen molar-refractivity contribution in [2.45, 2.75) is 12.6 Å². The van der Waals surface area contributed by atoms with Gasteiger partial charge in [0, 0.05) is 41.2 Å². The summed E-state index contributed by atoms with van der Waals surface area (Å²) in [6.07, 6.45) is 1.16. The van der Waals surface area contributed by atoms with Crippen LogP contribution < -0.4 is 0 Å². The van der Waals surface area contributed by atoms with Crippen molar-refractivity contribution in [2.75, 3.05) is 32.8 Å². The number of para-hydroxylation sites is 4. The summed E-state index contributed by atoms with van der Waals surface area (Å²) in [5, 5.41) is 5.28. The van der Waals surface area contributed by atoms with E-state index in [-0.39, 0.29) is 6.17 Å². The third-order valence-corrected chi connectivity index (χ3v) is 7.64. The van der Waals surface area contributed by atoms with Crippen LogP contribution in [0.25, 0.3) is 43.6 Å². The van der Waals surface area contributed by atoms with Crippen molar-refractivity contribution in [2.24, 2.45) is 0 Å². The molecule has 0 spiro atoms. The Morgan fingerprint density at radius 1 is 0.543 bits per heavy atom. The second kappa shape index (κ2) is 8.56. The molecule has 1 aliphatic rings. The van der Waals surface area contributed by atoms with Crippen LogP contribution >= 0.6 is 0 Å². The minimum absolute atomic E-state index is 0.146. The van der Waals surface area contributed by atoms with E-state index in [1.165, 1.54) is 43.6 Å². The molecule has 0 unspecified atom stereocenters. The summed E-state index contributed by atoms with van der Waals surface area (Å²) < 4.78 is 10.8. The van der Waals surface area contributed by atoms with Gasteiger partial charge in [0.2, 0.25) is 0 Å². The molecule has 174 valence electrons. The van der Waals surface area contributed by atoms with Crippen molar-refractivity contribution in [1.29, 1.82) is 0 Å². The van der Waals surface area contributed by atoms with Crippen molar-refractivity contribution >= 4 is 43.6 Å². The first-order valence-corrected chi connectivity index (χ1v) is 12.7. The van der Waals surface area contributed by atoms with Gasteiger partial charge in [-0.3, -0.25) is 4.90 Å². The number of rotatable bonds is 5. The van der Waals surface area contributed by atoms with Gasteiger partial charge in [0.25, 0.3) is 0 Å². The predicted octanol–water partition coefficient (Wildman–Crippen LogP) is 6.67. The van der Waals surface area contributed by atoms with Crippen LogP contribution in [0.4, 0.5) is 0 Å². The molecule has 0 N–H and O–H groups in total. The minimum atomic E-state index is 0.146. The molecule has 1 saturated heterocycles. The number of ether oxygens (including phenoxy) is 1. The number of morpholine rings is 1. The molecular formula is C31H29N3O. The average molecular weight is 460 g/mol. The fourth-order valence-corrected chi connectivity index (χ4v) is 6.04. The normalized spacial score (nSPS) is 15.2. The van der Waals surface area contributed by atoms with Gasteiger partial charge in [-0.15, -0.1) is 0 Å². The summed E-state index contributed by atoms with van der Waals surface area (Å²) in [6, 6.07) is 35.5. The smallest absolute Gasteiger partial charge is 0.112 e. The highest BCUT2D eigenvalue weighted by molar-refractivity contribution is 6.10. The highest BCUT2D eigenvalue weighted by Gasteiger charge is 2.24. The largest absolute Gasteiger partial charge is 0.379 e. The Kier molecular flexibility index (Phi) is 5.07. The van der Waals surface area contributed by atoms with Crippen LogP contribution in [0.1, 0.15) is 12.6 Å². The van der Waals surface area contributed by atoms with Gasteiger partial charge in [-0.05, 0) is 30.7 Å². The molecule has 0 radical (unpaired) electrons. The lowest BCUT2D eigenvalue weighted by Crippen LogP contribution is -2.38. The molecule has 4 aromatic carbocycles. The molecule has 0 aliphatic carbocycles. The SMILES string of the molecule is c1ccc2c(c1)c1ccccc1n2C(CCN1CCOCC1)n1c2ccccc2c2ccccc21. The maximum atomic E-state index is 5.63. The molecule has 4 heteroatoms. The molecule has 1 fully saturated rings. The van der Waals surface area contributed by atoms with E-state index >= 15 is 0 Å². The monoisotopic (exact) mass is 459 g/mol. The van der Waals surface area contributed by atoms with Crippen LogP contribution in [0.15, 0.2) is 97.1 Å². The molecule has 35 heavy (non-hydrogen) atoms. The Morgan fingerprint density at radius 2 is 0.914 bits per heavy atom. The van der Waals surface area contributed by atoms with Gasteiger partial charge in [-0.2, -0.15) is 0 Å². The summed E-state index contributed by atoms with van der Waals surface area (Å²) in [6.45, 7) is 4.71. The number of hydrogen-bond acceptors (Lipinski definition) is 2. The van der Waals surface area contributed by atoms with E-state index in [1.54, 1.807) is 0 Å². The van der Waals surface area contributed by atoms with Gasteiger partial charge in [0.05, 0.1) is 35.3 Å². The molecule has 0 saturated carbocycles. The summed E-state index contributed by atoms with van der Waals surface area (Å²) in [4.78, 5) is 2.55. The van der Waals surface area contributed by atoms with Crippen LogP contribution in [-0.4, -0.2) is 46.9 Å². The summed E-state index contributed by atoms with van der Waals surface area (Å²) >= 11 is 0. The Morgan fingerprint density at radius 3 is 1.31 bits per heavy atom. The molecule has 7 rings (SSSR count). The molecular weight excluding hydrogens is 430 g/mol. The fraction of sp³-hybridized carbons (Fsp3) is 0.226. The Labute approximate surface area is 204 Å². The Balaban J connectivity index is 1.51. The lowest BCUT2D eigenvalue weighted by molar-refractivity contribution is 0.0353. The first-order chi connectivity index (χ1) is 17.4. The average Bonchev–Trinajstić information content (AvgIpc) is 3.44. The van der Waals surface area contributed by atoms with E-state index < -0.39 is 0 Å². The lowest BCUT2D eigenvalue weighted by atomic mass is 10.2. The van der Waals surface area contributed by atoms with E-state index in [0.717, 1.165) is 39.3 Å². The van der Waals surface area contributed by atoms with Gasteiger partial charge < -0.3 is 13.9 Å². The maximum Gasteiger partial charge on any atom is 0.112 e. The topological polar surface area (TPSA) is 22.3 Å². The molecule has 0 bridgehead atoms. The Bertz CT molecular complexity index is 1430. The van der Waals surface area contributed by atoms with Crippen LogP contribution in [0.2, 0.25) is 0 Å². The van der Waals surface area contributed by atoms with Crippen LogP contribution in [0.5, 0.6) is 0 Å². The fourth-order valence-electron chi connectivity index (χ4n) is 6.04.